The van der Waals surface area contributed by atoms with Crippen LogP contribution in [0.4, 0.5) is 0 Å². The van der Waals surface area contributed by atoms with Gasteiger partial charge in [-0.05, 0) is 40.5 Å². The molecule has 1 amide bonds. The van der Waals surface area contributed by atoms with Gasteiger partial charge < -0.3 is 10.6 Å². The Morgan fingerprint density at radius 1 is 1.19 bits per heavy atom. The molecule has 0 unspecified atom stereocenters. The van der Waals surface area contributed by atoms with Crippen LogP contribution in [0.25, 0.3) is 0 Å². The largest absolute Gasteiger partial charge is 0.333 e. The summed E-state index contributed by atoms with van der Waals surface area (Å²) in [5.74, 6) is -0.000113. The Balaban J connectivity index is 2.25. The molecule has 0 fully saturated rings. The normalized spacial score (nSPS) is 10.4. The molecule has 0 aliphatic carbocycles. The SMILES string of the molecule is Cc1ccc(Br)c(C(=O)N(CCN)Cc2ccccc2)c1. The predicted octanol–water partition coefficient (Wildman–Crippen LogP) is 3.36. The average molecular weight is 347 g/mol. The van der Waals surface area contributed by atoms with Crippen LogP contribution in [0.1, 0.15) is 21.5 Å². The summed E-state index contributed by atoms with van der Waals surface area (Å²) in [5.41, 5.74) is 8.51. The van der Waals surface area contributed by atoms with Crippen LogP contribution in [0.3, 0.4) is 0 Å². The lowest BCUT2D eigenvalue weighted by Crippen LogP contribution is -2.35. The molecule has 0 spiro atoms. The van der Waals surface area contributed by atoms with Crippen molar-refractivity contribution < 1.29 is 4.79 Å². The summed E-state index contributed by atoms with van der Waals surface area (Å²) < 4.78 is 0.813. The van der Waals surface area contributed by atoms with Crippen molar-refractivity contribution in [2.45, 2.75) is 13.5 Å². The van der Waals surface area contributed by atoms with Crippen LogP contribution in [0.15, 0.2) is 53.0 Å². The Labute approximate surface area is 133 Å². The zero-order valence-electron chi connectivity index (χ0n) is 12.1. The van der Waals surface area contributed by atoms with Crippen molar-refractivity contribution in [2.75, 3.05) is 13.1 Å². The molecule has 0 aliphatic rings. The van der Waals surface area contributed by atoms with Crippen LogP contribution >= 0.6 is 15.9 Å². The van der Waals surface area contributed by atoms with Gasteiger partial charge in [-0.15, -0.1) is 0 Å². The molecule has 21 heavy (non-hydrogen) atoms. The van der Waals surface area contributed by atoms with Gasteiger partial charge in [0.25, 0.3) is 5.91 Å². The fourth-order valence-corrected chi connectivity index (χ4v) is 2.60. The summed E-state index contributed by atoms with van der Waals surface area (Å²) in [7, 11) is 0. The quantitative estimate of drug-likeness (QED) is 0.902. The summed E-state index contributed by atoms with van der Waals surface area (Å²) in [6.45, 7) is 3.53. The van der Waals surface area contributed by atoms with E-state index in [1.54, 1.807) is 4.90 Å². The van der Waals surface area contributed by atoms with Gasteiger partial charge in [-0.1, -0.05) is 42.0 Å². The summed E-state index contributed by atoms with van der Waals surface area (Å²) >= 11 is 3.46. The Kier molecular flexibility index (Phi) is 5.53. The number of aryl methyl sites for hydroxylation is 1. The lowest BCUT2D eigenvalue weighted by molar-refractivity contribution is 0.0747. The number of carbonyl (C=O) groups is 1. The molecule has 2 aromatic rings. The smallest absolute Gasteiger partial charge is 0.255 e. The molecular formula is C17H19BrN2O. The first kappa shape index (κ1) is 15.7. The standard InChI is InChI=1S/C17H19BrN2O/c1-13-7-8-16(18)15(11-13)17(21)20(10-9-19)12-14-5-3-2-4-6-14/h2-8,11H,9-10,12,19H2,1H3. The number of nitrogens with two attached hydrogens (primary N) is 1. The maximum absolute atomic E-state index is 12.8. The maximum atomic E-state index is 12.8. The van der Waals surface area contributed by atoms with E-state index in [4.69, 9.17) is 5.73 Å². The fourth-order valence-electron chi connectivity index (χ4n) is 2.19. The first-order chi connectivity index (χ1) is 10.1. The highest BCUT2D eigenvalue weighted by atomic mass is 79.9. The first-order valence-corrected chi connectivity index (χ1v) is 7.70. The van der Waals surface area contributed by atoms with Crippen molar-refractivity contribution in [1.29, 1.82) is 0 Å². The summed E-state index contributed by atoms with van der Waals surface area (Å²) in [6.07, 6.45) is 0. The molecule has 0 saturated heterocycles. The van der Waals surface area contributed by atoms with Crippen LogP contribution in [-0.2, 0) is 6.54 Å². The monoisotopic (exact) mass is 346 g/mol. The lowest BCUT2D eigenvalue weighted by atomic mass is 10.1. The third-order valence-corrected chi connectivity index (χ3v) is 3.95. The number of carbonyl (C=O) groups excluding carboxylic acids is 1. The molecular weight excluding hydrogens is 328 g/mol. The molecule has 0 saturated carbocycles. The van der Waals surface area contributed by atoms with Gasteiger partial charge >= 0.3 is 0 Å². The number of amides is 1. The van der Waals surface area contributed by atoms with Gasteiger partial charge in [-0.3, -0.25) is 4.79 Å². The molecule has 3 nitrogen and oxygen atoms in total. The van der Waals surface area contributed by atoms with E-state index in [1.807, 2.05) is 55.5 Å². The predicted molar refractivity (Wildman–Crippen MR) is 89.1 cm³/mol. The van der Waals surface area contributed by atoms with Crippen LogP contribution in [0, 0.1) is 6.92 Å². The van der Waals surface area contributed by atoms with Crippen molar-refractivity contribution in [2.24, 2.45) is 5.73 Å². The number of rotatable bonds is 5. The van der Waals surface area contributed by atoms with Crippen LogP contribution in [-0.4, -0.2) is 23.9 Å². The molecule has 2 N–H and O–H groups in total. The third-order valence-electron chi connectivity index (χ3n) is 3.25. The summed E-state index contributed by atoms with van der Waals surface area (Å²) in [4.78, 5) is 14.5. The number of nitrogens with zero attached hydrogens (tertiary/aromatic N) is 1. The van der Waals surface area contributed by atoms with E-state index in [-0.39, 0.29) is 5.91 Å². The van der Waals surface area contributed by atoms with E-state index < -0.39 is 0 Å². The Hall–Kier alpha value is -1.65. The van der Waals surface area contributed by atoms with E-state index in [0.717, 1.165) is 15.6 Å². The molecule has 0 radical (unpaired) electrons. The Morgan fingerprint density at radius 2 is 1.90 bits per heavy atom. The summed E-state index contributed by atoms with van der Waals surface area (Å²) in [6, 6.07) is 15.7. The second-order valence-corrected chi connectivity index (χ2v) is 5.84. The minimum Gasteiger partial charge on any atom is -0.333 e. The minimum absolute atomic E-state index is 0.000113. The molecule has 2 rings (SSSR count). The second-order valence-electron chi connectivity index (χ2n) is 4.98. The van der Waals surface area contributed by atoms with Crippen molar-refractivity contribution >= 4 is 21.8 Å². The van der Waals surface area contributed by atoms with Crippen molar-refractivity contribution in [3.05, 3.63) is 69.7 Å². The van der Waals surface area contributed by atoms with Gasteiger partial charge in [-0.2, -0.15) is 0 Å². The van der Waals surface area contributed by atoms with Crippen LogP contribution < -0.4 is 5.73 Å². The van der Waals surface area contributed by atoms with E-state index in [0.29, 0.717) is 25.2 Å². The fraction of sp³-hybridized carbons (Fsp3) is 0.235. The molecule has 0 atom stereocenters. The second kappa shape index (κ2) is 7.38. The van der Waals surface area contributed by atoms with Gasteiger partial charge in [0.2, 0.25) is 0 Å². The molecule has 0 heterocycles. The maximum Gasteiger partial charge on any atom is 0.255 e. The van der Waals surface area contributed by atoms with Gasteiger partial charge in [-0.25, -0.2) is 0 Å². The van der Waals surface area contributed by atoms with E-state index in [9.17, 15) is 4.79 Å². The molecule has 0 bridgehead atoms. The molecule has 0 aliphatic heterocycles. The van der Waals surface area contributed by atoms with Gasteiger partial charge in [0.05, 0.1) is 5.56 Å². The highest BCUT2D eigenvalue weighted by molar-refractivity contribution is 9.10. The topological polar surface area (TPSA) is 46.3 Å². The molecule has 110 valence electrons. The first-order valence-electron chi connectivity index (χ1n) is 6.91. The highest BCUT2D eigenvalue weighted by Crippen LogP contribution is 2.20. The van der Waals surface area contributed by atoms with Gasteiger partial charge in [0.1, 0.15) is 0 Å². The molecule has 0 aromatic heterocycles. The Morgan fingerprint density at radius 3 is 2.57 bits per heavy atom. The van der Waals surface area contributed by atoms with Gasteiger partial charge in [0.15, 0.2) is 0 Å². The van der Waals surface area contributed by atoms with Gasteiger partial charge in [0, 0.05) is 24.1 Å². The minimum atomic E-state index is -0.000113. The molecule has 4 heteroatoms. The number of hydrogen-bond donors (Lipinski definition) is 1. The zero-order chi connectivity index (χ0) is 15.2. The number of benzene rings is 2. The van der Waals surface area contributed by atoms with E-state index in [1.165, 1.54) is 0 Å². The average Bonchev–Trinajstić information content (AvgIpc) is 2.49. The molecule has 2 aromatic carbocycles. The zero-order valence-corrected chi connectivity index (χ0v) is 13.6. The van der Waals surface area contributed by atoms with Crippen molar-refractivity contribution in [3.63, 3.8) is 0 Å². The van der Waals surface area contributed by atoms with E-state index >= 15 is 0 Å². The highest BCUT2D eigenvalue weighted by Gasteiger charge is 2.18. The van der Waals surface area contributed by atoms with Crippen LogP contribution in [0.2, 0.25) is 0 Å². The van der Waals surface area contributed by atoms with Crippen molar-refractivity contribution in [1.82, 2.24) is 4.90 Å². The number of hydrogen-bond acceptors (Lipinski definition) is 2. The van der Waals surface area contributed by atoms with Crippen LogP contribution in [0.5, 0.6) is 0 Å². The van der Waals surface area contributed by atoms with E-state index in [2.05, 4.69) is 15.9 Å². The third kappa shape index (κ3) is 4.16. The number of halogens is 1. The van der Waals surface area contributed by atoms with Crippen molar-refractivity contribution in [3.8, 4) is 0 Å². The Bertz CT molecular complexity index is 613. The summed E-state index contributed by atoms with van der Waals surface area (Å²) in [5, 5.41) is 0. The lowest BCUT2D eigenvalue weighted by Gasteiger charge is -2.23.